The lowest BCUT2D eigenvalue weighted by molar-refractivity contribution is 0.127. The highest BCUT2D eigenvalue weighted by Crippen LogP contribution is 2.58. The van der Waals surface area contributed by atoms with E-state index < -0.39 is 54.7 Å². The molecule has 11 aromatic rings. The molecule has 148 heavy (non-hydrogen) atoms. The molecule has 0 saturated heterocycles. The molecule has 0 aliphatic rings. The van der Waals surface area contributed by atoms with E-state index in [1.165, 1.54) is 20.0 Å². The van der Waals surface area contributed by atoms with Crippen molar-refractivity contribution in [1.82, 2.24) is 5.09 Å². The third-order valence-corrected chi connectivity index (χ3v) is 30.8. The molecule has 0 fully saturated rings. The van der Waals surface area contributed by atoms with E-state index in [-0.39, 0.29) is 91.7 Å². The lowest BCUT2D eigenvalue weighted by Gasteiger charge is -2.20. The number of halogens is 9. The fraction of sp³-hybridized carbons (Fsp3) is 0.308. The number of hydrogen-bond acceptors (Lipinski definition) is 27. The van der Waals surface area contributed by atoms with Crippen molar-refractivity contribution < 1.29 is 122 Å². The van der Waals surface area contributed by atoms with Gasteiger partial charge in [0.05, 0.1) is 97.6 Å². The number of nitrogens with one attached hydrogen (secondary N) is 1. The SMILES string of the molecule is C=CCCOP(=O)(OC)Oc1ccccc1Cl.C=CCCOP(=O)(OCC)Oc1ccccc1Cl.C=CCCOP(=O)(Oc1ccccc1Cl)OC(C)C.CCCCCCNP(=O)(OCCCC)Oc1ccccc1Cl.CCCCCCOP(=O)(Oc1ccccc1Cl)Oc1ccccc1Cl.CCCCOP(=O)(Oc1ccccc1Cl)Oc1ccccc1Cl.O=P(Oc1ccccc1)(Oc1ccccc1)Oc1ccccc1Cl. The van der Waals surface area contributed by atoms with Gasteiger partial charge >= 0.3 is 54.7 Å². The Morgan fingerprint density at radius 2 is 0.500 bits per heavy atom. The highest BCUT2D eigenvalue weighted by molar-refractivity contribution is 7.52. The summed E-state index contributed by atoms with van der Waals surface area (Å²) in [6.45, 7) is 26.5. The minimum atomic E-state index is -4.00. The maximum absolute atomic E-state index is 13.1. The Bertz CT molecular complexity index is 5890. The summed E-state index contributed by atoms with van der Waals surface area (Å²) in [7, 11) is -24.9. The first kappa shape index (κ1) is 131. The van der Waals surface area contributed by atoms with E-state index in [0.29, 0.717) is 94.9 Å². The van der Waals surface area contributed by atoms with E-state index in [1.807, 2.05) is 19.1 Å². The third kappa shape index (κ3) is 53.7. The molecule has 0 aromatic heterocycles. The maximum atomic E-state index is 13.1. The zero-order chi connectivity index (χ0) is 108. The van der Waals surface area contributed by atoms with Gasteiger partial charge in [-0.1, -0.05) is 347 Å². The van der Waals surface area contributed by atoms with Crippen LogP contribution in [0.5, 0.6) is 63.2 Å². The molecule has 1 N–H and O–H groups in total. The molecular weight excluding hydrogens is 2230 g/mol. The molecule has 0 radical (unpaired) electrons. The highest BCUT2D eigenvalue weighted by Gasteiger charge is 2.38. The number of benzene rings is 11. The third-order valence-electron chi connectivity index (χ3n) is 18.0. The second-order valence-electron chi connectivity index (χ2n) is 30.4. The fourth-order valence-corrected chi connectivity index (χ4v) is 21.8. The van der Waals surface area contributed by atoms with E-state index in [1.54, 1.807) is 306 Å². The van der Waals surface area contributed by atoms with Gasteiger partial charge in [-0.2, -0.15) is 4.57 Å². The van der Waals surface area contributed by atoms with Crippen LogP contribution in [-0.2, 0) is 72.7 Å². The smallest absolute Gasteiger partial charge is 0.412 e. The van der Waals surface area contributed by atoms with Gasteiger partial charge in [-0.3, -0.25) is 40.7 Å². The monoisotopic (exact) mass is 2350 g/mol. The van der Waals surface area contributed by atoms with Gasteiger partial charge < -0.3 is 49.8 Å². The molecule has 4 atom stereocenters. The number of rotatable bonds is 59. The summed E-state index contributed by atoms with van der Waals surface area (Å²) < 4.78 is 195. The number of unbranched alkanes of at least 4 members (excludes halogenated alkanes) is 8. The predicted octanol–water partition coefficient (Wildman–Crippen LogP) is 38.7. The van der Waals surface area contributed by atoms with Crippen molar-refractivity contribution >= 4 is 159 Å². The average Bonchev–Trinajstić information content (AvgIpc) is 0.831. The molecule has 28 nitrogen and oxygen atoms in total. The molecule has 44 heteroatoms. The summed E-state index contributed by atoms with van der Waals surface area (Å²) in [6, 6.07) is 77.9. The van der Waals surface area contributed by atoms with Crippen LogP contribution in [0.25, 0.3) is 0 Å². The van der Waals surface area contributed by atoms with Gasteiger partial charge in [0, 0.05) is 13.7 Å². The van der Waals surface area contributed by atoms with E-state index in [0.717, 1.165) is 64.2 Å². The minimum Gasteiger partial charge on any atom is -0.412 e. The Morgan fingerprint density at radius 3 is 0.791 bits per heavy atom. The molecule has 4 unspecified atom stereocenters. The topological polar surface area (TPSA) is 316 Å². The zero-order valence-electron chi connectivity index (χ0n) is 83.3. The Hall–Kier alpha value is -7.74. The normalized spacial score (nSPS) is 12.6. The van der Waals surface area contributed by atoms with Crippen LogP contribution in [0.4, 0.5) is 0 Å². The van der Waals surface area contributed by atoms with Gasteiger partial charge in [0.15, 0.2) is 28.7 Å². The van der Waals surface area contributed by atoms with Crippen LogP contribution in [0.15, 0.2) is 317 Å². The Labute approximate surface area is 915 Å². The quantitative estimate of drug-likeness (QED) is 0.0210. The van der Waals surface area contributed by atoms with Crippen molar-refractivity contribution in [2.75, 3.05) is 59.9 Å². The van der Waals surface area contributed by atoms with Crippen molar-refractivity contribution in [3.8, 4) is 63.2 Å². The molecule has 0 bridgehead atoms. The molecule has 808 valence electrons. The second kappa shape index (κ2) is 73.5. The summed E-state index contributed by atoms with van der Waals surface area (Å²) in [5, 5.41) is 5.99. The van der Waals surface area contributed by atoms with Gasteiger partial charge in [0.2, 0.25) is 0 Å². The van der Waals surface area contributed by atoms with E-state index in [4.69, 9.17) is 195 Å². The van der Waals surface area contributed by atoms with Gasteiger partial charge in [-0.25, -0.2) is 32.5 Å². The predicted molar refractivity (Wildman–Crippen MR) is 597 cm³/mol. The van der Waals surface area contributed by atoms with Gasteiger partial charge in [0.25, 0.3) is 0 Å². The molecule has 0 saturated carbocycles. The maximum Gasteiger partial charge on any atom is 0.647 e. The summed E-state index contributed by atoms with van der Waals surface area (Å²) in [5.74, 6) is 3.04. The minimum absolute atomic E-state index is 0.206. The average molecular weight is 2360 g/mol. The fourth-order valence-electron chi connectivity index (χ4n) is 10.9. The molecular formula is C104H127Cl9NO27P7. The number of para-hydroxylation sites is 11. The first-order valence-electron chi connectivity index (χ1n) is 47.0. The van der Waals surface area contributed by atoms with Crippen LogP contribution < -0.4 is 54.8 Å². The van der Waals surface area contributed by atoms with Crippen molar-refractivity contribution in [2.45, 2.75) is 151 Å². The van der Waals surface area contributed by atoms with E-state index in [9.17, 15) is 32.0 Å². The zero-order valence-corrected chi connectivity index (χ0v) is 96.4. The second-order valence-corrected chi connectivity index (χ2v) is 45.1. The van der Waals surface area contributed by atoms with Gasteiger partial charge in [-0.05, 0) is 199 Å². The number of phosphoric ester groups is 6. The molecule has 11 aromatic carbocycles. The standard InChI is InChI=1S/C18H21Cl2O4P.C18H14ClO4P.C16H17Cl2O4P.C16H27ClNO3P.C13H18ClO4P.C12H16ClO4P.C11H14ClO4P/c1-2-3-4-9-14-22-25(21,23-17-12-7-5-10-15(17)19)24-18-13-8-6-11-16(18)20;19-17-13-7-8-14-18(17)23-24(20,21-15-9-3-1-4-10-15)22-16-11-5-2-6-12-16;1-2-3-12-20-23(19,21-15-10-6-4-8-13(15)17)22-16-11-7-5-9-14(16)18;1-3-5-7-10-13-18-22(19,20-14-6-4-2)21-16-12-9-8-11-15(16)17;1-4-5-10-16-19(15,17-11(2)3)18-13-9-7-6-8-12(13)14;1-3-5-10-16-18(14,15-4-2)17-12-9-7-6-8-11(12)13;1-3-4-9-15-17(13,14-2)16-11-8-6-5-7-10(11)12/h5-8,10-13H,2-4,9,14H2,1H3;1-14H;4-11H,2-3,12H2,1H3;8-9,11-12H,3-7,10,13-14H2,1-2H3,(H,18,19);4,6-9,11H,1,5,10H2,2-3H3;3,6-9H,1,4-5,10H2,2H3;3,5-8H,1,4,9H2,2H3. The van der Waals surface area contributed by atoms with Crippen molar-refractivity contribution in [2.24, 2.45) is 0 Å². The molecule has 0 aliphatic carbocycles. The van der Waals surface area contributed by atoms with Crippen molar-refractivity contribution in [1.29, 1.82) is 0 Å². The van der Waals surface area contributed by atoms with Gasteiger partial charge in [-0.15, -0.1) is 19.7 Å². The summed E-state index contributed by atoms with van der Waals surface area (Å²) in [5.41, 5.74) is 0. The van der Waals surface area contributed by atoms with Crippen LogP contribution in [0.3, 0.4) is 0 Å². The van der Waals surface area contributed by atoms with Gasteiger partial charge in [0.1, 0.15) is 34.5 Å². The highest BCUT2D eigenvalue weighted by atomic mass is 35.5. The van der Waals surface area contributed by atoms with E-state index >= 15 is 0 Å². The Balaban J connectivity index is 0.000000305. The lowest BCUT2D eigenvalue weighted by atomic mass is 10.2. The first-order valence-corrected chi connectivity index (χ1v) is 60.7. The summed E-state index contributed by atoms with van der Waals surface area (Å²) >= 11 is 54.1. The Kier molecular flexibility index (Phi) is 64.9. The first-order chi connectivity index (χ1) is 71.0. The number of hydrogen-bond donors (Lipinski definition) is 1. The lowest BCUT2D eigenvalue weighted by Crippen LogP contribution is -2.18. The van der Waals surface area contributed by atoms with Crippen LogP contribution in [-0.4, -0.2) is 66.0 Å². The largest absolute Gasteiger partial charge is 0.647 e. The van der Waals surface area contributed by atoms with Crippen LogP contribution in [0.2, 0.25) is 45.2 Å². The molecule has 0 heterocycles. The van der Waals surface area contributed by atoms with E-state index in [2.05, 4.69) is 45.6 Å². The molecule has 0 spiro atoms. The molecule has 0 aliphatic heterocycles. The molecule has 11 rings (SSSR count). The summed E-state index contributed by atoms with van der Waals surface area (Å²) in [4.78, 5) is 0. The summed E-state index contributed by atoms with van der Waals surface area (Å²) in [6.07, 6.45) is 18.1. The van der Waals surface area contributed by atoms with Crippen molar-refractivity contribution in [3.05, 3.63) is 362 Å². The van der Waals surface area contributed by atoms with Crippen LogP contribution >= 0.6 is 159 Å². The number of phosphoric acid groups is 6. The van der Waals surface area contributed by atoms with Crippen molar-refractivity contribution in [3.63, 3.8) is 0 Å². The van der Waals surface area contributed by atoms with Crippen LogP contribution in [0.1, 0.15) is 145 Å². The van der Waals surface area contributed by atoms with Crippen LogP contribution in [0, 0.1) is 0 Å². The Morgan fingerprint density at radius 1 is 0.257 bits per heavy atom. The molecule has 0 amide bonds.